The molecule has 0 spiro atoms. The fourth-order valence-electron chi connectivity index (χ4n) is 3.02. The fourth-order valence-corrected chi connectivity index (χ4v) is 3.02. The molecule has 23 heavy (non-hydrogen) atoms. The summed E-state index contributed by atoms with van der Waals surface area (Å²) in [4.78, 5) is 12.4. The third-order valence-corrected chi connectivity index (χ3v) is 4.44. The zero-order chi connectivity index (χ0) is 15.8. The van der Waals surface area contributed by atoms with E-state index < -0.39 is 0 Å². The van der Waals surface area contributed by atoms with Gasteiger partial charge in [-0.05, 0) is 49.1 Å². The van der Waals surface area contributed by atoms with Crippen LogP contribution in [-0.2, 0) is 4.79 Å². The Morgan fingerprint density at radius 1 is 1.04 bits per heavy atom. The molecule has 4 heteroatoms. The Balaban J connectivity index is 1.43. The average Bonchev–Trinajstić information content (AvgIpc) is 3.37. The molecule has 2 aromatic rings. The molecule has 2 aliphatic rings. The minimum atomic E-state index is 0.0406. The number of hydrogen-bond donors (Lipinski definition) is 1. The lowest BCUT2D eigenvalue weighted by Gasteiger charge is -2.18. The first-order chi connectivity index (χ1) is 11.2. The van der Waals surface area contributed by atoms with E-state index in [4.69, 9.17) is 9.47 Å². The van der Waals surface area contributed by atoms with E-state index in [-0.39, 0.29) is 17.7 Å². The molecule has 0 radical (unpaired) electrons. The van der Waals surface area contributed by atoms with Crippen LogP contribution in [0.4, 0.5) is 5.69 Å². The van der Waals surface area contributed by atoms with Crippen molar-refractivity contribution in [1.29, 1.82) is 0 Å². The lowest BCUT2D eigenvalue weighted by molar-refractivity contribution is -0.117. The number of aryl methyl sites for hydroxylation is 1. The highest BCUT2D eigenvalue weighted by atomic mass is 16.6. The molecular formula is C19H19NO3. The number of carbonyl (C=O) groups is 1. The molecule has 0 aromatic heterocycles. The molecule has 0 unspecified atom stereocenters. The van der Waals surface area contributed by atoms with Crippen LogP contribution in [0.3, 0.4) is 0 Å². The number of nitrogens with one attached hydrogen (secondary N) is 1. The van der Waals surface area contributed by atoms with Crippen LogP contribution in [-0.4, -0.2) is 19.1 Å². The van der Waals surface area contributed by atoms with E-state index in [0.29, 0.717) is 13.2 Å². The third kappa shape index (κ3) is 2.89. The van der Waals surface area contributed by atoms with Crippen molar-refractivity contribution in [2.75, 3.05) is 18.5 Å². The predicted molar refractivity (Wildman–Crippen MR) is 88.1 cm³/mol. The molecule has 1 amide bonds. The number of fused-ring (bicyclic) bond motifs is 1. The summed E-state index contributed by atoms with van der Waals surface area (Å²) in [6.45, 7) is 3.21. The van der Waals surface area contributed by atoms with E-state index in [2.05, 4.69) is 5.32 Å². The van der Waals surface area contributed by atoms with Crippen LogP contribution in [0.2, 0.25) is 0 Å². The topological polar surface area (TPSA) is 47.6 Å². The van der Waals surface area contributed by atoms with Crippen LogP contribution in [0.5, 0.6) is 11.5 Å². The zero-order valence-electron chi connectivity index (χ0n) is 13.0. The monoisotopic (exact) mass is 309 g/mol. The average molecular weight is 309 g/mol. The SMILES string of the molecule is Cc1ccc(NC(=O)[C@H]2C[C@@H]2c2ccc3c(c2)OCCO3)cc1. The molecular weight excluding hydrogens is 290 g/mol. The van der Waals surface area contributed by atoms with Crippen molar-refractivity contribution >= 4 is 11.6 Å². The van der Waals surface area contributed by atoms with Gasteiger partial charge >= 0.3 is 0 Å². The van der Waals surface area contributed by atoms with Gasteiger partial charge in [-0.25, -0.2) is 0 Å². The van der Waals surface area contributed by atoms with E-state index >= 15 is 0 Å². The summed E-state index contributed by atoms with van der Waals surface area (Å²) in [6.07, 6.45) is 0.886. The van der Waals surface area contributed by atoms with Gasteiger partial charge in [0.1, 0.15) is 13.2 Å². The van der Waals surface area contributed by atoms with Crippen molar-refractivity contribution in [2.45, 2.75) is 19.3 Å². The molecule has 1 aliphatic heterocycles. The molecule has 2 atom stereocenters. The van der Waals surface area contributed by atoms with Crippen molar-refractivity contribution in [2.24, 2.45) is 5.92 Å². The standard InChI is InChI=1S/C19H19NO3/c1-12-2-5-14(6-3-12)20-19(21)16-11-15(16)13-4-7-17-18(10-13)23-9-8-22-17/h2-7,10,15-16H,8-9,11H2,1H3,(H,20,21)/t15-,16+/m1/s1. The van der Waals surface area contributed by atoms with Gasteiger partial charge in [0.2, 0.25) is 5.91 Å². The second-order valence-corrected chi connectivity index (χ2v) is 6.21. The van der Waals surface area contributed by atoms with Crippen molar-refractivity contribution < 1.29 is 14.3 Å². The number of amides is 1. The molecule has 2 aromatic carbocycles. The maximum Gasteiger partial charge on any atom is 0.228 e. The first-order valence-electron chi connectivity index (χ1n) is 7.98. The van der Waals surface area contributed by atoms with Crippen LogP contribution in [0.15, 0.2) is 42.5 Å². The van der Waals surface area contributed by atoms with Crippen LogP contribution in [0.25, 0.3) is 0 Å². The first kappa shape index (κ1) is 14.1. The van der Waals surface area contributed by atoms with Crippen molar-refractivity contribution in [1.82, 2.24) is 0 Å². The molecule has 1 fully saturated rings. The molecule has 1 heterocycles. The van der Waals surface area contributed by atoms with Gasteiger partial charge in [-0.2, -0.15) is 0 Å². The zero-order valence-corrected chi connectivity index (χ0v) is 13.0. The Kier molecular flexibility index (Phi) is 3.45. The number of anilines is 1. The molecule has 1 N–H and O–H groups in total. The second-order valence-electron chi connectivity index (χ2n) is 6.21. The highest BCUT2D eigenvalue weighted by Gasteiger charge is 2.44. The van der Waals surface area contributed by atoms with Gasteiger partial charge in [0.05, 0.1) is 0 Å². The maximum absolute atomic E-state index is 12.4. The quantitative estimate of drug-likeness (QED) is 0.944. The highest BCUT2D eigenvalue weighted by molar-refractivity contribution is 5.95. The number of hydrogen-bond acceptors (Lipinski definition) is 3. The summed E-state index contributed by atoms with van der Waals surface area (Å²) >= 11 is 0. The van der Waals surface area contributed by atoms with Crippen molar-refractivity contribution in [3.63, 3.8) is 0 Å². The normalized spacial score (nSPS) is 21.6. The summed E-state index contributed by atoms with van der Waals surface area (Å²) in [5, 5.41) is 3.00. The summed E-state index contributed by atoms with van der Waals surface area (Å²) in [6, 6.07) is 13.9. The molecule has 0 saturated heterocycles. The van der Waals surface area contributed by atoms with Gasteiger partial charge in [-0.1, -0.05) is 23.8 Å². The van der Waals surface area contributed by atoms with E-state index in [1.807, 2.05) is 49.4 Å². The molecule has 0 bridgehead atoms. The minimum absolute atomic E-state index is 0.0406. The van der Waals surface area contributed by atoms with Crippen LogP contribution >= 0.6 is 0 Å². The van der Waals surface area contributed by atoms with Gasteiger partial charge in [-0.15, -0.1) is 0 Å². The van der Waals surface area contributed by atoms with E-state index in [0.717, 1.165) is 29.2 Å². The molecule has 4 rings (SSSR count). The van der Waals surface area contributed by atoms with Crippen LogP contribution in [0.1, 0.15) is 23.5 Å². The summed E-state index contributed by atoms with van der Waals surface area (Å²) in [5.74, 6) is 1.99. The van der Waals surface area contributed by atoms with Crippen molar-refractivity contribution in [3.05, 3.63) is 53.6 Å². The van der Waals surface area contributed by atoms with Gasteiger partial charge in [0.25, 0.3) is 0 Å². The molecule has 4 nitrogen and oxygen atoms in total. The number of carbonyl (C=O) groups excluding carboxylic acids is 1. The number of benzene rings is 2. The molecule has 1 aliphatic carbocycles. The van der Waals surface area contributed by atoms with E-state index in [1.165, 1.54) is 5.56 Å². The summed E-state index contributed by atoms with van der Waals surface area (Å²) in [5.41, 5.74) is 3.19. The van der Waals surface area contributed by atoms with E-state index in [1.54, 1.807) is 0 Å². The van der Waals surface area contributed by atoms with Crippen LogP contribution in [0, 0.1) is 12.8 Å². The predicted octanol–water partition coefficient (Wildman–Crippen LogP) is 3.51. The number of ether oxygens (including phenoxy) is 2. The van der Waals surface area contributed by atoms with Gasteiger partial charge in [-0.3, -0.25) is 4.79 Å². The summed E-state index contributed by atoms with van der Waals surface area (Å²) < 4.78 is 11.2. The Labute approximate surface area is 135 Å². The van der Waals surface area contributed by atoms with E-state index in [9.17, 15) is 4.79 Å². The lowest BCUT2D eigenvalue weighted by atomic mass is 10.1. The van der Waals surface area contributed by atoms with Gasteiger partial charge < -0.3 is 14.8 Å². The Bertz CT molecular complexity index is 739. The summed E-state index contributed by atoms with van der Waals surface area (Å²) in [7, 11) is 0. The Morgan fingerprint density at radius 3 is 2.57 bits per heavy atom. The van der Waals surface area contributed by atoms with Gasteiger partial charge in [0.15, 0.2) is 11.5 Å². The second kappa shape index (κ2) is 5.61. The maximum atomic E-state index is 12.4. The highest BCUT2D eigenvalue weighted by Crippen LogP contribution is 2.49. The Morgan fingerprint density at radius 2 is 1.78 bits per heavy atom. The smallest absolute Gasteiger partial charge is 0.228 e. The Hall–Kier alpha value is -2.49. The first-order valence-corrected chi connectivity index (χ1v) is 7.98. The largest absolute Gasteiger partial charge is 0.486 e. The van der Waals surface area contributed by atoms with Crippen LogP contribution < -0.4 is 14.8 Å². The third-order valence-electron chi connectivity index (χ3n) is 4.44. The molecule has 1 saturated carbocycles. The number of rotatable bonds is 3. The minimum Gasteiger partial charge on any atom is -0.486 e. The lowest BCUT2D eigenvalue weighted by Crippen LogP contribution is -2.16. The van der Waals surface area contributed by atoms with Crippen molar-refractivity contribution in [3.8, 4) is 11.5 Å². The van der Waals surface area contributed by atoms with Gasteiger partial charge in [0, 0.05) is 11.6 Å². The fraction of sp³-hybridized carbons (Fsp3) is 0.316. The molecule has 118 valence electrons.